The summed E-state index contributed by atoms with van der Waals surface area (Å²) >= 11 is 7.34. The fourth-order valence-electron chi connectivity index (χ4n) is 3.29. The van der Waals surface area contributed by atoms with Gasteiger partial charge in [-0.05, 0) is 49.8 Å². The molecule has 146 valence electrons. The van der Waals surface area contributed by atoms with Crippen molar-refractivity contribution in [3.63, 3.8) is 0 Å². The molecule has 1 unspecified atom stereocenters. The average Bonchev–Trinajstić information content (AvgIpc) is 3.15. The summed E-state index contributed by atoms with van der Waals surface area (Å²) in [7, 11) is 0. The molecule has 1 aromatic heterocycles. The normalized spacial score (nSPS) is 21.7. The molecule has 1 amide bonds. The zero-order valence-electron chi connectivity index (χ0n) is 14.2. The van der Waals surface area contributed by atoms with Crippen LogP contribution in [0.4, 0.5) is 13.2 Å². The van der Waals surface area contributed by atoms with Crippen molar-refractivity contribution in [2.45, 2.75) is 43.9 Å². The molecule has 0 bridgehead atoms. The fourth-order valence-corrected chi connectivity index (χ4v) is 4.14. The molecule has 0 saturated heterocycles. The minimum Gasteiger partial charge on any atom is -0.349 e. The summed E-state index contributed by atoms with van der Waals surface area (Å²) in [5.41, 5.74) is 6.80. The molecule has 0 radical (unpaired) electrons. The molecule has 1 aromatic carbocycles. The molecule has 0 aliphatic heterocycles. The van der Waals surface area contributed by atoms with Gasteiger partial charge in [-0.1, -0.05) is 11.6 Å². The van der Waals surface area contributed by atoms with E-state index in [-0.39, 0.29) is 28.6 Å². The number of nitrogens with two attached hydrogens (primary N) is 1. The third-order valence-corrected chi connectivity index (χ3v) is 5.94. The van der Waals surface area contributed by atoms with E-state index in [1.54, 1.807) is 5.51 Å². The molecule has 1 aliphatic rings. The predicted octanol–water partition coefficient (Wildman–Crippen LogP) is 4.20. The van der Waals surface area contributed by atoms with Crippen LogP contribution in [0.2, 0.25) is 5.02 Å². The first-order valence-electron chi connectivity index (χ1n) is 8.45. The van der Waals surface area contributed by atoms with E-state index in [0.29, 0.717) is 12.8 Å². The molecule has 10 heteroatoms. The van der Waals surface area contributed by atoms with Crippen molar-refractivity contribution >= 4 is 28.8 Å². The molecule has 1 fully saturated rings. The molecule has 2 aromatic rings. The van der Waals surface area contributed by atoms with E-state index in [9.17, 15) is 18.0 Å². The van der Waals surface area contributed by atoms with Crippen molar-refractivity contribution in [1.29, 1.82) is 0 Å². The zero-order chi connectivity index (χ0) is 19.6. The SMILES string of the molecule is NC(c1nncs1)C1CCC(NC(=O)c2cc(C(F)(F)F)ccc2Cl)CC1. The van der Waals surface area contributed by atoms with Gasteiger partial charge in [0, 0.05) is 6.04 Å². The van der Waals surface area contributed by atoms with Crippen LogP contribution in [0.15, 0.2) is 23.7 Å². The minimum absolute atomic E-state index is 0.00696. The summed E-state index contributed by atoms with van der Waals surface area (Å²) in [4.78, 5) is 12.4. The van der Waals surface area contributed by atoms with Gasteiger partial charge in [-0.25, -0.2) is 0 Å². The Kier molecular flexibility index (Phi) is 6.02. The van der Waals surface area contributed by atoms with Crippen LogP contribution >= 0.6 is 22.9 Å². The Morgan fingerprint density at radius 1 is 1.30 bits per heavy atom. The van der Waals surface area contributed by atoms with Crippen LogP contribution in [0, 0.1) is 5.92 Å². The number of nitrogens with zero attached hydrogens (tertiary/aromatic N) is 2. The molecule has 27 heavy (non-hydrogen) atoms. The van der Waals surface area contributed by atoms with E-state index in [4.69, 9.17) is 17.3 Å². The van der Waals surface area contributed by atoms with E-state index in [0.717, 1.165) is 36.0 Å². The zero-order valence-corrected chi connectivity index (χ0v) is 15.7. The van der Waals surface area contributed by atoms with E-state index < -0.39 is 17.6 Å². The number of aromatic nitrogens is 2. The van der Waals surface area contributed by atoms with Gasteiger partial charge in [0.25, 0.3) is 5.91 Å². The van der Waals surface area contributed by atoms with Gasteiger partial charge < -0.3 is 11.1 Å². The highest BCUT2D eigenvalue weighted by atomic mass is 35.5. The Balaban J connectivity index is 1.60. The third kappa shape index (κ3) is 4.77. The van der Waals surface area contributed by atoms with Crippen molar-refractivity contribution in [3.05, 3.63) is 44.9 Å². The first-order valence-corrected chi connectivity index (χ1v) is 9.70. The monoisotopic (exact) mass is 418 g/mol. The first kappa shape index (κ1) is 20.0. The summed E-state index contributed by atoms with van der Waals surface area (Å²) in [6.07, 6.45) is -1.55. The summed E-state index contributed by atoms with van der Waals surface area (Å²) in [6, 6.07) is 2.43. The molecule has 3 N–H and O–H groups in total. The highest BCUT2D eigenvalue weighted by Crippen LogP contribution is 2.34. The number of hydrogen-bond acceptors (Lipinski definition) is 5. The lowest BCUT2D eigenvalue weighted by atomic mass is 9.82. The Morgan fingerprint density at radius 2 is 2.00 bits per heavy atom. The molecule has 1 atom stereocenters. The first-order chi connectivity index (χ1) is 12.8. The van der Waals surface area contributed by atoms with Gasteiger partial charge in [-0.15, -0.1) is 21.5 Å². The lowest BCUT2D eigenvalue weighted by Gasteiger charge is -2.31. The number of nitrogens with one attached hydrogen (secondary N) is 1. The molecule has 1 saturated carbocycles. The van der Waals surface area contributed by atoms with Gasteiger partial charge in [0.1, 0.15) is 10.5 Å². The number of carbonyl (C=O) groups excluding carboxylic acids is 1. The highest BCUT2D eigenvalue weighted by molar-refractivity contribution is 7.09. The summed E-state index contributed by atoms with van der Waals surface area (Å²) in [5.74, 6) is -0.355. The van der Waals surface area contributed by atoms with Gasteiger partial charge >= 0.3 is 6.18 Å². The summed E-state index contributed by atoms with van der Waals surface area (Å²) < 4.78 is 38.6. The second kappa shape index (κ2) is 8.12. The highest BCUT2D eigenvalue weighted by Gasteiger charge is 2.32. The van der Waals surface area contributed by atoms with Gasteiger partial charge in [-0.3, -0.25) is 4.79 Å². The Hall–Kier alpha value is -1.71. The lowest BCUT2D eigenvalue weighted by molar-refractivity contribution is -0.137. The maximum absolute atomic E-state index is 12.9. The number of carbonyl (C=O) groups is 1. The number of benzene rings is 1. The second-order valence-electron chi connectivity index (χ2n) is 6.58. The molecular formula is C17H18ClF3N4OS. The number of rotatable bonds is 4. The van der Waals surface area contributed by atoms with E-state index in [1.807, 2.05) is 0 Å². The van der Waals surface area contributed by atoms with Crippen molar-refractivity contribution in [1.82, 2.24) is 15.5 Å². The lowest BCUT2D eigenvalue weighted by Crippen LogP contribution is -2.39. The number of halogens is 4. The quantitative estimate of drug-likeness (QED) is 0.779. The van der Waals surface area contributed by atoms with Gasteiger partial charge in [-0.2, -0.15) is 13.2 Å². The summed E-state index contributed by atoms with van der Waals surface area (Å²) in [5, 5.41) is 11.4. The average molecular weight is 419 g/mol. The standard InChI is InChI=1S/C17H18ClF3N4OS/c18-13-6-3-10(17(19,20)21)7-12(13)15(26)24-11-4-1-9(2-5-11)14(22)16-25-23-8-27-16/h3,6-9,11,14H,1-2,4-5,22H2,(H,24,26). The van der Waals surface area contributed by atoms with Gasteiger partial charge in [0.05, 0.1) is 22.2 Å². The number of amides is 1. The van der Waals surface area contributed by atoms with Gasteiger partial charge in [0.2, 0.25) is 0 Å². The van der Waals surface area contributed by atoms with Crippen molar-refractivity contribution in [2.75, 3.05) is 0 Å². The van der Waals surface area contributed by atoms with E-state index >= 15 is 0 Å². The molecular weight excluding hydrogens is 401 g/mol. The maximum atomic E-state index is 12.9. The Bertz CT molecular complexity index is 792. The van der Waals surface area contributed by atoms with Crippen LogP contribution in [0.3, 0.4) is 0 Å². The maximum Gasteiger partial charge on any atom is 0.416 e. The topological polar surface area (TPSA) is 80.9 Å². The van der Waals surface area contributed by atoms with E-state index in [2.05, 4.69) is 15.5 Å². The molecule has 5 nitrogen and oxygen atoms in total. The van der Waals surface area contributed by atoms with Crippen LogP contribution < -0.4 is 11.1 Å². The molecule has 0 spiro atoms. The Morgan fingerprint density at radius 3 is 2.59 bits per heavy atom. The van der Waals surface area contributed by atoms with Crippen molar-refractivity contribution in [2.24, 2.45) is 11.7 Å². The van der Waals surface area contributed by atoms with E-state index in [1.165, 1.54) is 11.3 Å². The third-order valence-electron chi connectivity index (χ3n) is 4.82. The second-order valence-corrected chi connectivity index (χ2v) is 7.85. The molecule has 1 aliphatic carbocycles. The van der Waals surface area contributed by atoms with Crippen LogP contribution in [-0.2, 0) is 6.18 Å². The molecule has 1 heterocycles. The predicted molar refractivity (Wildman–Crippen MR) is 96.5 cm³/mol. The fraction of sp³-hybridized carbons (Fsp3) is 0.471. The smallest absolute Gasteiger partial charge is 0.349 e. The number of alkyl halides is 3. The minimum atomic E-state index is -4.53. The van der Waals surface area contributed by atoms with Gasteiger partial charge in [0.15, 0.2) is 0 Å². The van der Waals surface area contributed by atoms with Crippen LogP contribution in [0.25, 0.3) is 0 Å². The van der Waals surface area contributed by atoms with Crippen molar-refractivity contribution < 1.29 is 18.0 Å². The summed E-state index contributed by atoms with van der Waals surface area (Å²) in [6.45, 7) is 0. The number of hydrogen-bond donors (Lipinski definition) is 2. The largest absolute Gasteiger partial charge is 0.416 e. The molecule has 3 rings (SSSR count). The Labute approximate surface area is 163 Å². The van der Waals surface area contributed by atoms with Crippen LogP contribution in [0.1, 0.15) is 52.7 Å². The van der Waals surface area contributed by atoms with Crippen LogP contribution in [-0.4, -0.2) is 22.1 Å². The van der Waals surface area contributed by atoms with Crippen LogP contribution in [0.5, 0.6) is 0 Å². The van der Waals surface area contributed by atoms with Crippen molar-refractivity contribution in [3.8, 4) is 0 Å².